The molecule has 1 fully saturated rings. The number of benzene rings is 2. The SMILES string of the molecule is O=C(NCc1ccccc1)C1CCN(c2nc3ccsc3c(=O)n2Cc2ccccc2)CC1. The van der Waals surface area contributed by atoms with Gasteiger partial charge in [-0.15, -0.1) is 11.3 Å². The first-order valence-electron chi connectivity index (χ1n) is 11.3. The molecular formula is C26H26N4O2S. The summed E-state index contributed by atoms with van der Waals surface area (Å²) in [7, 11) is 0. The second kappa shape index (κ2) is 9.58. The van der Waals surface area contributed by atoms with Gasteiger partial charge in [0.05, 0.1) is 12.1 Å². The number of rotatable bonds is 6. The summed E-state index contributed by atoms with van der Waals surface area (Å²) in [6, 6.07) is 21.9. The van der Waals surface area contributed by atoms with Crippen molar-refractivity contribution < 1.29 is 4.79 Å². The summed E-state index contributed by atoms with van der Waals surface area (Å²) < 4.78 is 2.47. The number of carbonyl (C=O) groups is 1. The van der Waals surface area contributed by atoms with Gasteiger partial charge in [-0.05, 0) is 35.4 Å². The van der Waals surface area contributed by atoms with Gasteiger partial charge in [-0.2, -0.15) is 0 Å². The van der Waals surface area contributed by atoms with Crippen LogP contribution in [-0.2, 0) is 17.9 Å². The standard InChI is InChI=1S/C26H26N4O2S/c31-24(27-17-19-7-3-1-4-8-19)21-11-14-29(15-12-21)26-28-22-13-16-33-23(22)25(32)30(26)18-20-9-5-2-6-10-20/h1-10,13,16,21H,11-12,14-15,17-18H2,(H,27,31). The third kappa shape index (κ3) is 4.68. The van der Waals surface area contributed by atoms with Crippen molar-refractivity contribution in [3.8, 4) is 0 Å². The molecule has 33 heavy (non-hydrogen) atoms. The van der Waals surface area contributed by atoms with Gasteiger partial charge in [-0.3, -0.25) is 14.2 Å². The molecule has 3 heterocycles. The Morgan fingerprint density at radius 1 is 0.970 bits per heavy atom. The molecule has 0 bridgehead atoms. The van der Waals surface area contributed by atoms with Gasteiger partial charge in [0.2, 0.25) is 11.9 Å². The molecule has 1 saturated heterocycles. The summed E-state index contributed by atoms with van der Waals surface area (Å²) >= 11 is 1.43. The molecule has 168 valence electrons. The van der Waals surface area contributed by atoms with Crippen LogP contribution in [0.15, 0.2) is 76.9 Å². The Hall–Kier alpha value is -3.45. The Kier molecular flexibility index (Phi) is 6.21. The van der Waals surface area contributed by atoms with Gasteiger partial charge < -0.3 is 10.2 Å². The predicted octanol–water partition coefficient (Wildman–Crippen LogP) is 4.04. The van der Waals surface area contributed by atoms with Crippen molar-refractivity contribution in [1.29, 1.82) is 0 Å². The van der Waals surface area contributed by atoms with E-state index in [1.54, 1.807) is 4.57 Å². The van der Waals surface area contributed by atoms with E-state index in [2.05, 4.69) is 10.2 Å². The Labute approximate surface area is 196 Å². The number of anilines is 1. The minimum absolute atomic E-state index is 0.00317. The van der Waals surface area contributed by atoms with E-state index in [4.69, 9.17) is 4.98 Å². The summed E-state index contributed by atoms with van der Waals surface area (Å²) in [6.07, 6.45) is 1.48. The van der Waals surface area contributed by atoms with Crippen molar-refractivity contribution in [3.05, 3.63) is 93.6 Å². The molecule has 1 aliphatic rings. The first-order valence-corrected chi connectivity index (χ1v) is 12.2. The Morgan fingerprint density at radius 2 is 1.64 bits per heavy atom. The highest BCUT2D eigenvalue weighted by Crippen LogP contribution is 2.25. The molecule has 1 aliphatic heterocycles. The van der Waals surface area contributed by atoms with Gasteiger partial charge in [-0.25, -0.2) is 4.98 Å². The largest absolute Gasteiger partial charge is 0.352 e. The zero-order valence-electron chi connectivity index (χ0n) is 18.3. The summed E-state index contributed by atoms with van der Waals surface area (Å²) in [4.78, 5) is 33.0. The lowest BCUT2D eigenvalue weighted by atomic mass is 9.96. The number of amides is 1. The van der Waals surface area contributed by atoms with Gasteiger partial charge in [0.1, 0.15) is 4.70 Å². The van der Waals surface area contributed by atoms with E-state index >= 15 is 0 Å². The van der Waals surface area contributed by atoms with Crippen molar-refractivity contribution >= 4 is 33.4 Å². The number of fused-ring (bicyclic) bond motifs is 1. The first kappa shape index (κ1) is 21.4. The normalized spacial score (nSPS) is 14.5. The van der Waals surface area contributed by atoms with Crippen LogP contribution in [0.5, 0.6) is 0 Å². The van der Waals surface area contributed by atoms with Gasteiger partial charge in [-0.1, -0.05) is 60.7 Å². The molecule has 0 aliphatic carbocycles. The number of nitrogens with zero attached hydrogens (tertiary/aromatic N) is 3. The molecule has 2 aromatic carbocycles. The number of hydrogen-bond acceptors (Lipinski definition) is 5. The third-order valence-corrected chi connectivity index (χ3v) is 7.08. The van der Waals surface area contributed by atoms with Crippen LogP contribution < -0.4 is 15.8 Å². The molecule has 1 N–H and O–H groups in total. The Bertz CT molecular complexity index is 1290. The van der Waals surface area contributed by atoms with E-state index in [0.29, 0.717) is 36.8 Å². The summed E-state index contributed by atoms with van der Waals surface area (Å²) in [6.45, 7) is 2.42. The van der Waals surface area contributed by atoms with E-state index in [1.165, 1.54) is 11.3 Å². The number of thiophene rings is 1. The van der Waals surface area contributed by atoms with E-state index < -0.39 is 0 Å². The lowest BCUT2D eigenvalue weighted by Crippen LogP contribution is -2.42. The number of nitrogens with one attached hydrogen (secondary N) is 1. The van der Waals surface area contributed by atoms with Crippen LogP contribution in [0.4, 0.5) is 5.95 Å². The zero-order chi connectivity index (χ0) is 22.6. The van der Waals surface area contributed by atoms with E-state index in [-0.39, 0.29) is 17.4 Å². The van der Waals surface area contributed by atoms with Crippen LogP contribution in [0, 0.1) is 5.92 Å². The molecule has 2 aromatic heterocycles. The van der Waals surface area contributed by atoms with E-state index in [0.717, 1.165) is 29.5 Å². The highest BCUT2D eigenvalue weighted by atomic mass is 32.1. The van der Waals surface area contributed by atoms with Crippen LogP contribution in [0.1, 0.15) is 24.0 Å². The van der Waals surface area contributed by atoms with Gasteiger partial charge in [0, 0.05) is 25.6 Å². The van der Waals surface area contributed by atoms with Crippen LogP contribution in [0.3, 0.4) is 0 Å². The Morgan fingerprint density at radius 3 is 2.33 bits per heavy atom. The van der Waals surface area contributed by atoms with E-state index in [9.17, 15) is 9.59 Å². The zero-order valence-corrected chi connectivity index (χ0v) is 19.1. The van der Waals surface area contributed by atoms with Crippen molar-refractivity contribution in [1.82, 2.24) is 14.9 Å². The second-order valence-electron chi connectivity index (χ2n) is 8.39. The number of piperidine rings is 1. The van der Waals surface area contributed by atoms with Crippen molar-refractivity contribution in [2.24, 2.45) is 5.92 Å². The molecule has 0 spiro atoms. The highest BCUT2D eigenvalue weighted by Gasteiger charge is 2.27. The molecule has 0 unspecified atom stereocenters. The average molecular weight is 459 g/mol. The molecule has 4 aromatic rings. The second-order valence-corrected chi connectivity index (χ2v) is 9.30. The molecule has 6 nitrogen and oxygen atoms in total. The predicted molar refractivity (Wildman–Crippen MR) is 133 cm³/mol. The fourth-order valence-corrected chi connectivity index (χ4v) is 5.13. The summed E-state index contributed by atoms with van der Waals surface area (Å²) in [5, 5.41) is 4.99. The van der Waals surface area contributed by atoms with Crippen molar-refractivity contribution in [3.63, 3.8) is 0 Å². The lowest BCUT2D eigenvalue weighted by Gasteiger charge is -2.33. The minimum atomic E-state index is -0.0239. The molecule has 5 rings (SSSR count). The van der Waals surface area contributed by atoms with Gasteiger partial charge in [0.25, 0.3) is 5.56 Å². The first-order chi connectivity index (χ1) is 16.2. The minimum Gasteiger partial charge on any atom is -0.352 e. The van der Waals surface area contributed by atoms with Crippen LogP contribution >= 0.6 is 11.3 Å². The molecular weight excluding hydrogens is 432 g/mol. The fourth-order valence-electron chi connectivity index (χ4n) is 4.35. The van der Waals surface area contributed by atoms with Crippen LogP contribution in [0.25, 0.3) is 10.2 Å². The molecule has 0 radical (unpaired) electrons. The number of aromatic nitrogens is 2. The fraction of sp³-hybridized carbons (Fsp3) is 0.269. The smallest absolute Gasteiger partial charge is 0.273 e. The van der Waals surface area contributed by atoms with Crippen molar-refractivity contribution in [2.75, 3.05) is 18.0 Å². The maximum absolute atomic E-state index is 13.3. The lowest BCUT2D eigenvalue weighted by molar-refractivity contribution is -0.125. The van der Waals surface area contributed by atoms with Crippen LogP contribution in [0.2, 0.25) is 0 Å². The Balaban J connectivity index is 1.32. The topological polar surface area (TPSA) is 67.2 Å². The maximum atomic E-state index is 13.3. The number of hydrogen-bond donors (Lipinski definition) is 1. The summed E-state index contributed by atoms with van der Waals surface area (Å²) in [5.41, 5.74) is 2.90. The van der Waals surface area contributed by atoms with Crippen LogP contribution in [-0.4, -0.2) is 28.5 Å². The molecule has 1 amide bonds. The van der Waals surface area contributed by atoms with E-state index in [1.807, 2.05) is 72.1 Å². The molecule has 7 heteroatoms. The maximum Gasteiger partial charge on any atom is 0.273 e. The number of carbonyl (C=O) groups excluding carboxylic acids is 1. The van der Waals surface area contributed by atoms with Gasteiger partial charge in [0.15, 0.2) is 0 Å². The molecule has 0 saturated carbocycles. The average Bonchev–Trinajstić information content (AvgIpc) is 3.35. The van der Waals surface area contributed by atoms with Gasteiger partial charge >= 0.3 is 0 Å². The summed E-state index contributed by atoms with van der Waals surface area (Å²) in [5.74, 6) is 0.767. The molecule has 0 atom stereocenters. The van der Waals surface area contributed by atoms with Crippen molar-refractivity contribution in [2.45, 2.75) is 25.9 Å². The third-order valence-electron chi connectivity index (χ3n) is 6.19. The quantitative estimate of drug-likeness (QED) is 0.474. The monoisotopic (exact) mass is 458 g/mol. The highest BCUT2D eigenvalue weighted by molar-refractivity contribution is 7.17.